The van der Waals surface area contributed by atoms with E-state index < -0.39 is 11.6 Å². The largest absolute Gasteiger partial charge is 0.489 e. The molecule has 1 atom stereocenters. The average molecular weight is 291 g/mol. The van der Waals surface area contributed by atoms with Gasteiger partial charge in [-0.15, -0.1) is 0 Å². The number of benzene rings is 2. The highest BCUT2D eigenvalue weighted by Gasteiger charge is 2.05. The van der Waals surface area contributed by atoms with Gasteiger partial charge in [-0.3, -0.25) is 0 Å². The monoisotopic (exact) mass is 291 g/mol. The van der Waals surface area contributed by atoms with E-state index in [1.54, 1.807) is 0 Å². The average Bonchev–Trinajstić information content (AvgIpc) is 2.49. The second-order valence-electron chi connectivity index (χ2n) is 5.04. The molecule has 1 unspecified atom stereocenters. The predicted octanol–water partition coefficient (Wildman–Crippen LogP) is 3.82. The van der Waals surface area contributed by atoms with Crippen molar-refractivity contribution >= 4 is 0 Å². The molecular formula is C17H19F2NO. The third-order valence-electron chi connectivity index (χ3n) is 3.35. The highest BCUT2D eigenvalue weighted by molar-refractivity contribution is 5.28. The molecule has 0 aliphatic rings. The lowest BCUT2D eigenvalue weighted by Gasteiger charge is -2.10. The fourth-order valence-electron chi connectivity index (χ4n) is 1.98. The minimum absolute atomic E-state index is 0.00257. The normalized spacial score (nSPS) is 12.2. The Balaban J connectivity index is 1.96. The van der Waals surface area contributed by atoms with Gasteiger partial charge in [0, 0.05) is 11.6 Å². The summed E-state index contributed by atoms with van der Waals surface area (Å²) in [6.07, 6.45) is 1.74. The van der Waals surface area contributed by atoms with Gasteiger partial charge in [-0.25, -0.2) is 8.78 Å². The van der Waals surface area contributed by atoms with Crippen molar-refractivity contribution in [1.29, 1.82) is 0 Å². The van der Waals surface area contributed by atoms with Crippen LogP contribution in [-0.4, -0.2) is 6.04 Å². The molecule has 0 saturated carbocycles. The fraction of sp³-hybridized carbons (Fsp3) is 0.294. The summed E-state index contributed by atoms with van der Waals surface area (Å²) in [6.45, 7) is 2.05. The van der Waals surface area contributed by atoms with Crippen LogP contribution in [0.4, 0.5) is 8.78 Å². The van der Waals surface area contributed by atoms with Crippen molar-refractivity contribution in [1.82, 2.24) is 0 Å². The number of ether oxygens (including phenoxy) is 1. The molecule has 0 radical (unpaired) electrons. The number of rotatable bonds is 6. The van der Waals surface area contributed by atoms with Crippen LogP contribution >= 0.6 is 0 Å². The van der Waals surface area contributed by atoms with Crippen molar-refractivity contribution in [3.8, 4) is 5.75 Å². The third-order valence-corrected chi connectivity index (χ3v) is 3.35. The van der Waals surface area contributed by atoms with Crippen LogP contribution in [0.1, 0.15) is 24.5 Å². The molecular weight excluding hydrogens is 272 g/mol. The van der Waals surface area contributed by atoms with Gasteiger partial charge in [-0.1, -0.05) is 19.1 Å². The maximum atomic E-state index is 13.5. The third kappa shape index (κ3) is 4.53. The summed E-state index contributed by atoms with van der Waals surface area (Å²) < 4.78 is 32.0. The zero-order chi connectivity index (χ0) is 15.2. The SMILES string of the molecule is CCC(N)Cc1ccc(OCc2cc(F)ccc2F)cc1. The number of nitrogens with two attached hydrogens (primary N) is 1. The highest BCUT2D eigenvalue weighted by Crippen LogP contribution is 2.17. The van der Waals surface area contributed by atoms with Crippen molar-refractivity contribution in [2.75, 3.05) is 0 Å². The van der Waals surface area contributed by atoms with Crippen molar-refractivity contribution in [3.05, 3.63) is 65.2 Å². The first-order valence-corrected chi connectivity index (χ1v) is 6.99. The molecule has 2 nitrogen and oxygen atoms in total. The second kappa shape index (κ2) is 7.18. The van der Waals surface area contributed by atoms with Crippen molar-refractivity contribution in [2.24, 2.45) is 5.73 Å². The van der Waals surface area contributed by atoms with E-state index in [0.717, 1.165) is 36.6 Å². The van der Waals surface area contributed by atoms with E-state index in [9.17, 15) is 8.78 Å². The van der Waals surface area contributed by atoms with Crippen LogP contribution in [0.25, 0.3) is 0 Å². The van der Waals surface area contributed by atoms with E-state index in [-0.39, 0.29) is 18.2 Å². The van der Waals surface area contributed by atoms with Crippen LogP contribution in [-0.2, 0) is 13.0 Å². The Labute approximate surface area is 123 Å². The molecule has 2 aromatic carbocycles. The molecule has 21 heavy (non-hydrogen) atoms. The van der Waals surface area contributed by atoms with Crippen molar-refractivity contribution < 1.29 is 13.5 Å². The lowest BCUT2D eigenvalue weighted by Crippen LogP contribution is -2.21. The zero-order valence-corrected chi connectivity index (χ0v) is 12.0. The van der Waals surface area contributed by atoms with E-state index in [1.807, 2.05) is 24.3 Å². The summed E-state index contributed by atoms with van der Waals surface area (Å²) >= 11 is 0. The van der Waals surface area contributed by atoms with E-state index in [2.05, 4.69) is 6.92 Å². The van der Waals surface area contributed by atoms with E-state index in [1.165, 1.54) is 0 Å². The molecule has 0 aliphatic heterocycles. The number of hydrogen-bond acceptors (Lipinski definition) is 2. The molecule has 0 bridgehead atoms. The molecule has 4 heteroatoms. The Morgan fingerprint density at radius 1 is 1.10 bits per heavy atom. The van der Waals surface area contributed by atoms with Gasteiger partial charge < -0.3 is 10.5 Å². The van der Waals surface area contributed by atoms with E-state index >= 15 is 0 Å². The lowest BCUT2D eigenvalue weighted by atomic mass is 10.0. The van der Waals surface area contributed by atoms with Crippen LogP contribution in [0.15, 0.2) is 42.5 Å². The van der Waals surface area contributed by atoms with Gasteiger partial charge in [0.15, 0.2) is 0 Å². The predicted molar refractivity (Wildman–Crippen MR) is 79.1 cm³/mol. The maximum Gasteiger partial charge on any atom is 0.130 e. The first kappa shape index (κ1) is 15.4. The van der Waals surface area contributed by atoms with Crippen molar-refractivity contribution in [3.63, 3.8) is 0 Å². The van der Waals surface area contributed by atoms with Gasteiger partial charge in [0.1, 0.15) is 24.0 Å². The van der Waals surface area contributed by atoms with Crippen LogP contribution in [0.3, 0.4) is 0 Å². The van der Waals surface area contributed by atoms with Crippen LogP contribution < -0.4 is 10.5 Å². The molecule has 2 aromatic rings. The van der Waals surface area contributed by atoms with Crippen LogP contribution in [0.5, 0.6) is 5.75 Å². The minimum Gasteiger partial charge on any atom is -0.489 e. The Hall–Kier alpha value is -1.94. The van der Waals surface area contributed by atoms with Gasteiger partial charge in [0.2, 0.25) is 0 Å². The Morgan fingerprint density at radius 3 is 2.48 bits per heavy atom. The summed E-state index contributed by atoms with van der Waals surface area (Å²) in [4.78, 5) is 0. The van der Waals surface area contributed by atoms with E-state index in [4.69, 9.17) is 10.5 Å². The second-order valence-corrected chi connectivity index (χ2v) is 5.04. The molecule has 0 aliphatic carbocycles. The molecule has 0 saturated heterocycles. The summed E-state index contributed by atoms with van der Waals surface area (Å²) in [5.74, 6) is -0.326. The fourth-order valence-corrected chi connectivity index (χ4v) is 1.98. The van der Waals surface area contributed by atoms with Gasteiger partial charge in [0.25, 0.3) is 0 Å². The minimum atomic E-state index is -0.473. The Morgan fingerprint density at radius 2 is 1.81 bits per heavy atom. The summed E-state index contributed by atoms with van der Waals surface area (Å²) in [5.41, 5.74) is 7.23. The molecule has 2 N–H and O–H groups in total. The van der Waals surface area contributed by atoms with Gasteiger partial charge in [0.05, 0.1) is 0 Å². The number of hydrogen-bond donors (Lipinski definition) is 1. The first-order valence-electron chi connectivity index (χ1n) is 6.99. The van der Waals surface area contributed by atoms with Gasteiger partial charge >= 0.3 is 0 Å². The quantitative estimate of drug-likeness (QED) is 0.878. The van der Waals surface area contributed by atoms with Crippen molar-refractivity contribution in [2.45, 2.75) is 32.4 Å². The van der Waals surface area contributed by atoms with Gasteiger partial charge in [-0.2, -0.15) is 0 Å². The molecule has 0 amide bonds. The van der Waals surface area contributed by atoms with E-state index in [0.29, 0.717) is 5.75 Å². The lowest BCUT2D eigenvalue weighted by molar-refractivity contribution is 0.299. The summed E-state index contributed by atoms with van der Waals surface area (Å²) in [6, 6.07) is 11.0. The zero-order valence-electron chi connectivity index (χ0n) is 12.0. The molecule has 0 aromatic heterocycles. The van der Waals surface area contributed by atoms with Gasteiger partial charge in [-0.05, 0) is 48.7 Å². The molecule has 0 fully saturated rings. The molecule has 2 rings (SSSR count). The summed E-state index contributed by atoms with van der Waals surface area (Å²) in [7, 11) is 0. The standard InChI is InChI=1S/C17H19F2NO/c1-2-15(20)9-12-3-6-16(7-4-12)21-11-13-10-14(18)5-8-17(13)19/h3-8,10,15H,2,9,11,20H2,1H3. The topological polar surface area (TPSA) is 35.2 Å². The number of halogens is 2. The van der Waals surface area contributed by atoms with Crippen LogP contribution in [0, 0.1) is 11.6 Å². The summed E-state index contributed by atoms with van der Waals surface area (Å²) in [5, 5.41) is 0. The Bertz CT molecular complexity index is 584. The molecule has 0 heterocycles. The molecule has 0 spiro atoms. The maximum absolute atomic E-state index is 13.5. The Kier molecular flexibility index (Phi) is 5.28. The smallest absolute Gasteiger partial charge is 0.130 e. The highest BCUT2D eigenvalue weighted by atomic mass is 19.1. The molecule has 112 valence electrons. The first-order chi connectivity index (χ1) is 10.1. The van der Waals surface area contributed by atoms with Crippen LogP contribution in [0.2, 0.25) is 0 Å².